The molecule has 1 amide bonds. The molecule has 1 aliphatic heterocycles. The number of fused-ring (bicyclic) bond motifs is 2. The average molecular weight is 382 g/mol. The van der Waals surface area contributed by atoms with Crippen LogP contribution in [-0.2, 0) is 12.8 Å². The number of thiocarbonyl (C=S) groups is 1. The Bertz CT molecular complexity index is 963. The fraction of sp³-hybridized carbons (Fsp3) is 0.350. The van der Waals surface area contributed by atoms with Crippen LogP contribution in [0.25, 0.3) is 0 Å². The maximum atomic E-state index is 13.4. The van der Waals surface area contributed by atoms with E-state index >= 15 is 0 Å². The number of rotatable bonds is 2. The zero-order valence-electron chi connectivity index (χ0n) is 15.4. The molecular weight excluding hydrogens is 360 g/mol. The van der Waals surface area contributed by atoms with Gasteiger partial charge in [0.25, 0.3) is 5.91 Å². The summed E-state index contributed by atoms with van der Waals surface area (Å²) in [6.07, 6.45) is 3.35. The summed E-state index contributed by atoms with van der Waals surface area (Å²) in [6.45, 7) is 3.99. The molecule has 0 bridgehead atoms. The van der Waals surface area contributed by atoms with Crippen molar-refractivity contribution in [2.24, 2.45) is 10.8 Å². The van der Waals surface area contributed by atoms with Crippen LogP contribution < -0.4 is 16.1 Å². The number of aryl methyl sites for hydroxylation is 1. The van der Waals surface area contributed by atoms with Crippen LogP contribution in [0.1, 0.15) is 52.8 Å². The van der Waals surface area contributed by atoms with Crippen molar-refractivity contribution in [2.45, 2.75) is 45.6 Å². The third-order valence-electron chi connectivity index (χ3n) is 5.25. The van der Waals surface area contributed by atoms with Crippen molar-refractivity contribution in [3.05, 3.63) is 52.5 Å². The van der Waals surface area contributed by atoms with Crippen LogP contribution in [0.5, 0.6) is 0 Å². The third kappa shape index (κ3) is 3.02. The molecule has 0 saturated carbocycles. The second kappa shape index (κ2) is 6.81. The summed E-state index contributed by atoms with van der Waals surface area (Å²) in [5, 5.41) is 4.44. The van der Waals surface area contributed by atoms with Crippen molar-refractivity contribution in [3.8, 4) is 0 Å². The van der Waals surface area contributed by atoms with E-state index in [1.54, 1.807) is 0 Å². The first kappa shape index (κ1) is 17.7. The van der Waals surface area contributed by atoms with Crippen LogP contribution in [-0.4, -0.2) is 22.8 Å². The highest BCUT2D eigenvalue weighted by Gasteiger charge is 2.36. The normalized spacial score (nSPS) is 19.7. The number of nitrogens with two attached hydrogens (primary N) is 1. The van der Waals surface area contributed by atoms with Gasteiger partial charge in [-0.3, -0.25) is 10.2 Å². The topological polar surface area (TPSA) is 83.9 Å². The molecule has 140 valence electrons. The number of hydrogen-bond acceptors (Lipinski definition) is 4. The van der Waals surface area contributed by atoms with Gasteiger partial charge in [-0.2, -0.15) is 5.10 Å². The first-order valence-electron chi connectivity index (χ1n) is 9.13. The van der Waals surface area contributed by atoms with E-state index in [4.69, 9.17) is 22.4 Å². The molecule has 1 aromatic heterocycles. The van der Waals surface area contributed by atoms with Crippen molar-refractivity contribution in [1.29, 1.82) is 0 Å². The van der Waals surface area contributed by atoms with Crippen molar-refractivity contribution in [1.82, 2.24) is 5.43 Å². The first-order valence-corrected chi connectivity index (χ1v) is 9.54. The number of carbonyl (C=O) groups is 1. The monoisotopic (exact) mass is 382 g/mol. The lowest BCUT2D eigenvalue weighted by atomic mass is 9.93. The van der Waals surface area contributed by atoms with Crippen molar-refractivity contribution in [2.75, 3.05) is 4.90 Å². The number of para-hydroxylation sites is 1. The molecule has 1 aliphatic carbocycles. The van der Waals surface area contributed by atoms with Gasteiger partial charge in [0.15, 0.2) is 10.9 Å². The fourth-order valence-electron chi connectivity index (χ4n) is 4.09. The van der Waals surface area contributed by atoms with E-state index in [-0.39, 0.29) is 17.1 Å². The van der Waals surface area contributed by atoms with Crippen LogP contribution in [0.3, 0.4) is 0 Å². The van der Waals surface area contributed by atoms with Crippen LogP contribution in [0.15, 0.2) is 33.8 Å². The Morgan fingerprint density at radius 2 is 2.15 bits per heavy atom. The number of amides is 1. The zero-order chi connectivity index (χ0) is 19.1. The Kier molecular flexibility index (Phi) is 4.47. The summed E-state index contributed by atoms with van der Waals surface area (Å²) in [4.78, 5) is 15.2. The molecule has 0 spiro atoms. The van der Waals surface area contributed by atoms with Crippen LogP contribution in [0.4, 0.5) is 5.69 Å². The van der Waals surface area contributed by atoms with Gasteiger partial charge in [-0.25, -0.2) is 0 Å². The molecular formula is C20H22N4O2S. The number of furan rings is 1. The summed E-state index contributed by atoms with van der Waals surface area (Å²) >= 11 is 4.84. The number of hydrazone groups is 1. The molecule has 6 nitrogen and oxygen atoms in total. The molecule has 2 aromatic rings. The summed E-state index contributed by atoms with van der Waals surface area (Å²) in [5.41, 5.74) is 12.9. The highest BCUT2D eigenvalue weighted by atomic mass is 32.1. The van der Waals surface area contributed by atoms with Gasteiger partial charge in [0.05, 0.1) is 5.71 Å². The molecule has 0 radical (unpaired) electrons. The molecule has 7 heteroatoms. The lowest BCUT2D eigenvalue weighted by Gasteiger charge is -2.21. The van der Waals surface area contributed by atoms with Crippen LogP contribution >= 0.6 is 12.2 Å². The summed E-state index contributed by atoms with van der Waals surface area (Å²) in [7, 11) is 0. The average Bonchev–Trinajstić information content (AvgIpc) is 3.16. The standard InChI is InChI=1S/C20H22N4O2S/c1-11-10-13-6-3-4-8-15(13)24(11)19(25)18-12(2)17-14(22-23-20(21)27)7-5-9-16(17)26-18/h3-4,6,8,11H,5,7,9-10H2,1-2H3,(H3,21,23,27)/b22-14+. The van der Waals surface area contributed by atoms with E-state index in [0.29, 0.717) is 5.76 Å². The van der Waals surface area contributed by atoms with Gasteiger partial charge in [0.2, 0.25) is 0 Å². The predicted molar refractivity (Wildman–Crippen MR) is 109 cm³/mol. The number of carbonyl (C=O) groups excluding carboxylic acids is 1. The first-order chi connectivity index (χ1) is 13.0. The molecule has 27 heavy (non-hydrogen) atoms. The highest BCUT2D eigenvalue weighted by Crippen LogP contribution is 2.36. The second-order valence-corrected chi connectivity index (χ2v) is 7.54. The SMILES string of the molecule is Cc1c(C(=O)N2c3ccccc3CC2C)oc2c1/C(=N/NC(N)=S)CCC2. The van der Waals surface area contributed by atoms with E-state index in [0.717, 1.165) is 54.0 Å². The van der Waals surface area contributed by atoms with Gasteiger partial charge in [0, 0.05) is 29.3 Å². The summed E-state index contributed by atoms with van der Waals surface area (Å²) in [6, 6.07) is 8.14. The van der Waals surface area contributed by atoms with E-state index in [1.807, 2.05) is 30.0 Å². The lowest BCUT2D eigenvalue weighted by Crippen LogP contribution is -2.35. The second-order valence-electron chi connectivity index (χ2n) is 7.10. The van der Waals surface area contributed by atoms with Gasteiger partial charge in [-0.1, -0.05) is 18.2 Å². The molecule has 4 rings (SSSR count). The van der Waals surface area contributed by atoms with Crippen LogP contribution in [0, 0.1) is 6.92 Å². The number of nitrogens with one attached hydrogen (secondary N) is 1. The Balaban J connectivity index is 1.73. The van der Waals surface area contributed by atoms with E-state index < -0.39 is 0 Å². The predicted octanol–water partition coefficient (Wildman–Crippen LogP) is 3.05. The fourth-order valence-corrected chi connectivity index (χ4v) is 4.14. The summed E-state index contributed by atoms with van der Waals surface area (Å²) in [5.74, 6) is 1.11. The number of hydrogen-bond donors (Lipinski definition) is 2. The Morgan fingerprint density at radius 3 is 2.93 bits per heavy atom. The van der Waals surface area contributed by atoms with E-state index in [2.05, 4.69) is 23.5 Å². The van der Waals surface area contributed by atoms with Crippen LogP contribution in [0.2, 0.25) is 0 Å². The molecule has 0 saturated heterocycles. The molecule has 1 atom stereocenters. The minimum Gasteiger partial charge on any atom is -0.455 e. The van der Waals surface area contributed by atoms with Crippen molar-refractivity contribution in [3.63, 3.8) is 0 Å². The Labute approximate surface area is 163 Å². The van der Waals surface area contributed by atoms with Gasteiger partial charge >= 0.3 is 0 Å². The quantitative estimate of drug-likeness (QED) is 0.616. The Hall–Kier alpha value is -2.67. The van der Waals surface area contributed by atoms with Crippen molar-refractivity contribution >= 4 is 34.6 Å². The highest BCUT2D eigenvalue weighted by molar-refractivity contribution is 7.80. The van der Waals surface area contributed by atoms with Gasteiger partial charge in [-0.05, 0) is 57.0 Å². The number of benzene rings is 1. The van der Waals surface area contributed by atoms with Gasteiger partial charge < -0.3 is 15.1 Å². The smallest absolute Gasteiger partial charge is 0.294 e. The van der Waals surface area contributed by atoms with Gasteiger partial charge in [0.1, 0.15) is 5.76 Å². The van der Waals surface area contributed by atoms with E-state index in [9.17, 15) is 4.79 Å². The largest absolute Gasteiger partial charge is 0.455 e. The number of anilines is 1. The molecule has 0 fully saturated rings. The maximum absolute atomic E-state index is 13.4. The maximum Gasteiger partial charge on any atom is 0.294 e. The minimum atomic E-state index is -0.0963. The Morgan fingerprint density at radius 1 is 1.37 bits per heavy atom. The molecule has 2 heterocycles. The lowest BCUT2D eigenvalue weighted by molar-refractivity contribution is 0.0952. The minimum absolute atomic E-state index is 0.0963. The molecule has 2 aliphatic rings. The molecule has 1 unspecified atom stereocenters. The van der Waals surface area contributed by atoms with Gasteiger partial charge in [-0.15, -0.1) is 0 Å². The van der Waals surface area contributed by atoms with E-state index in [1.165, 1.54) is 5.56 Å². The molecule has 3 N–H and O–H groups in total. The number of nitrogens with zero attached hydrogens (tertiary/aromatic N) is 2. The molecule has 1 aromatic carbocycles. The zero-order valence-corrected chi connectivity index (χ0v) is 16.2. The summed E-state index contributed by atoms with van der Waals surface area (Å²) < 4.78 is 6.05. The third-order valence-corrected chi connectivity index (χ3v) is 5.34. The van der Waals surface area contributed by atoms with Crippen molar-refractivity contribution < 1.29 is 9.21 Å².